The summed E-state index contributed by atoms with van der Waals surface area (Å²) in [6.45, 7) is 18.1. The van der Waals surface area contributed by atoms with Gasteiger partial charge in [-0.2, -0.15) is 9.35 Å². The number of thiazole rings is 1. The molecule has 3 aromatic rings. The molecule has 3 amide bonds. The van der Waals surface area contributed by atoms with Gasteiger partial charge in [0.25, 0.3) is 23.2 Å². The van der Waals surface area contributed by atoms with Gasteiger partial charge in [0.1, 0.15) is 28.7 Å². The van der Waals surface area contributed by atoms with Crippen LogP contribution in [0, 0.1) is 5.92 Å². The van der Waals surface area contributed by atoms with Gasteiger partial charge in [0, 0.05) is 42.6 Å². The summed E-state index contributed by atoms with van der Waals surface area (Å²) in [5, 5.41) is 17.6. The minimum atomic E-state index is -5.34. The third kappa shape index (κ3) is 11.9. The molecule has 3 aliphatic rings. The number of aryl methyl sites for hydroxylation is 1. The van der Waals surface area contributed by atoms with Gasteiger partial charge in [0.2, 0.25) is 10.4 Å². The summed E-state index contributed by atoms with van der Waals surface area (Å²) in [4.78, 5) is 64.3. The summed E-state index contributed by atoms with van der Waals surface area (Å²) in [6, 6.07) is 8.47. The van der Waals surface area contributed by atoms with Gasteiger partial charge in [-0.15, -0.1) is 11.3 Å². The predicted octanol–water partition coefficient (Wildman–Crippen LogP) is 2.75. The number of esters is 1. The summed E-state index contributed by atoms with van der Waals surface area (Å²) in [7, 11) is -5.34. The Kier molecular flexibility index (Phi) is 14.2. The molecular formula is C42H57N9O12S2. The zero-order chi connectivity index (χ0) is 47.7. The zero-order valence-corrected chi connectivity index (χ0v) is 39.4. The SMILES string of the molecule is CC(C)(C)OC(=O)Nc1nc(/C(=N/OC(C)(C(=O)OC(C)(C)C)[C@H]2CCc3cc(-c4ccc(NCCN)[n+](CC5CNC5)c4)ccc3O2)C(=O)N[C@@H]2C(=O)N(OS(=O)(=O)[O-])C2(C)C)cs1. The van der Waals surface area contributed by atoms with Gasteiger partial charge < -0.3 is 40.0 Å². The Morgan fingerprint density at radius 1 is 1.08 bits per heavy atom. The van der Waals surface area contributed by atoms with E-state index in [4.69, 9.17) is 24.8 Å². The smallest absolute Gasteiger partial charge is 0.413 e. The fourth-order valence-electron chi connectivity index (χ4n) is 7.14. The number of fused-ring (bicyclic) bond motifs is 1. The molecule has 23 heteroatoms. The number of rotatable bonds is 16. The molecule has 2 aromatic heterocycles. The van der Waals surface area contributed by atoms with Crippen LogP contribution in [-0.2, 0) is 56.3 Å². The van der Waals surface area contributed by atoms with Gasteiger partial charge in [-0.25, -0.2) is 27.6 Å². The van der Waals surface area contributed by atoms with Crippen LogP contribution >= 0.6 is 11.3 Å². The Balaban J connectivity index is 1.30. The highest BCUT2D eigenvalue weighted by Gasteiger charge is 2.58. The van der Waals surface area contributed by atoms with E-state index in [1.807, 2.05) is 30.3 Å². The first-order valence-electron chi connectivity index (χ1n) is 21.0. The molecule has 6 N–H and O–H groups in total. The molecule has 1 aromatic carbocycles. The van der Waals surface area contributed by atoms with Crippen LogP contribution < -0.4 is 36.3 Å². The number of benzene rings is 1. The minimum Gasteiger partial charge on any atom is -0.724 e. The molecule has 3 aliphatic heterocycles. The van der Waals surface area contributed by atoms with Gasteiger partial charge in [0.15, 0.2) is 16.9 Å². The number of nitrogens with one attached hydrogen (secondary N) is 4. The molecule has 354 valence electrons. The number of nitrogens with zero attached hydrogens (tertiary/aromatic N) is 4. The predicted molar refractivity (Wildman–Crippen MR) is 236 cm³/mol. The average Bonchev–Trinajstić information content (AvgIpc) is 3.64. The molecular weight excluding hydrogens is 887 g/mol. The van der Waals surface area contributed by atoms with E-state index in [2.05, 4.69) is 46.5 Å². The molecule has 2 saturated heterocycles. The second-order valence-electron chi connectivity index (χ2n) is 18.6. The maximum absolute atomic E-state index is 14.2. The molecule has 1 unspecified atom stereocenters. The highest BCUT2D eigenvalue weighted by Crippen LogP contribution is 2.38. The first-order chi connectivity index (χ1) is 30.3. The number of oxime groups is 1. The molecule has 0 bridgehead atoms. The van der Waals surface area contributed by atoms with Crippen molar-refractivity contribution in [1.29, 1.82) is 0 Å². The monoisotopic (exact) mass is 943 g/mol. The first kappa shape index (κ1) is 49.0. The van der Waals surface area contributed by atoms with Gasteiger partial charge in [0.05, 0.1) is 24.8 Å². The Labute approximate surface area is 381 Å². The molecule has 0 saturated carbocycles. The van der Waals surface area contributed by atoms with Crippen LogP contribution in [0.3, 0.4) is 0 Å². The fraction of sp³-hybridized carbons (Fsp3) is 0.548. The third-order valence-corrected chi connectivity index (χ3v) is 11.7. The van der Waals surface area contributed by atoms with Crippen molar-refractivity contribution in [2.45, 2.75) is 116 Å². The number of amides is 3. The summed E-state index contributed by atoms with van der Waals surface area (Å²) in [5.74, 6) is -0.986. The Morgan fingerprint density at radius 2 is 1.77 bits per heavy atom. The fourth-order valence-corrected chi connectivity index (χ4v) is 8.27. The number of ether oxygens (including phenoxy) is 3. The van der Waals surface area contributed by atoms with Gasteiger partial charge in [-0.05, 0) is 104 Å². The van der Waals surface area contributed by atoms with Crippen LogP contribution in [0.2, 0.25) is 0 Å². The molecule has 3 atom stereocenters. The van der Waals surface area contributed by atoms with Crippen molar-refractivity contribution < 1.29 is 60.0 Å². The number of hydrogen-bond acceptors (Lipinski definition) is 18. The maximum atomic E-state index is 14.2. The van der Waals surface area contributed by atoms with Crippen molar-refractivity contribution in [3.63, 3.8) is 0 Å². The van der Waals surface area contributed by atoms with E-state index in [1.165, 1.54) is 26.2 Å². The van der Waals surface area contributed by atoms with Crippen molar-refractivity contribution in [3.05, 3.63) is 53.2 Å². The van der Waals surface area contributed by atoms with Crippen molar-refractivity contribution in [2.24, 2.45) is 16.8 Å². The Morgan fingerprint density at radius 3 is 2.38 bits per heavy atom. The van der Waals surface area contributed by atoms with E-state index < -0.39 is 74.5 Å². The summed E-state index contributed by atoms with van der Waals surface area (Å²) in [6.07, 6.45) is 0.988. The van der Waals surface area contributed by atoms with E-state index in [0.29, 0.717) is 36.2 Å². The van der Waals surface area contributed by atoms with E-state index >= 15 is 0 Å². The van der Waals surface area contributed by atoms with Crippen LogP contribution in [0.5, 0.6) is 5.75 Å². The lowest BCUT2D eigenvalue weighted by Crippen LogP contribution is -2.76. The lowest BCUT2D eigenvalue weighted by molar-refractivity contribution is -0.690. The van der Waals surface area contributed by atoms with Crippen LogP contribution in [0.15, 0.2) is 47.1 Å². The number of aromatic nitrogens is 2. The van der Waals surface area contributed by atoms with Gasteiger partial charge in [-0.3, -0.25) is 20.2 Å². The number of nitrogens with two attached hydrogens (primary N) is 1. The highest BCUT2D eigenvalue weighted by molar-refractivity contribution is 7.80. The highest BCUT2D eigenvalue weighted by atomic mass is 32.3. The quantitative estimate of drug-likeness (QED) is 0.0263. The van der Waals surface area contributed by atoms with E-state index in [9.17, 15) is 32.1 Å². The van der Waals surface area contributed by atoms with E-state index in [1.54, 1.807) is 41.5 Å². The van der Waals surface area contributed by atoms with Gasteiger partial charge in [-0.1, -0.05) is 11.2 Å². The number of anilines is 2. The van der Waals surface area contributed by atoms with Crippen molar-refractivity contribution in [1.82, 2.24) is 20.7 Å². The van der Waals surface area contributed by atoms with Crippen molar-refractivity contribution in [2.75, 3.05) is 36.8 Å². The van der Waals surface area contributed by atoms with E-state index in [0.717, 1.165) is 53.5 Å². The average molecular weight is 944 g/mol. The lowest BCUT2D eigenvalue weighted by atomic mass is 9.84. The zero-order valence-electron chi connectivity index (χ0n) is 37.8. The Hall–Kier alpha value is -5.46. The largest absolute Gasteiger partial charge is 0.724 e. The molecule has 21 nitrogen and oxygen atoms in total. The van der Waals surface area contributed by atoms with Crippen molar-refractivity contribution >= 4 is 62.3 Å². The number of hydroxylamine groups is 2. The molecule has 5 heterocycles. The molecule has 65 heavy (non-hydrogen) atoms. The van der Waals surface area contributed by atoms with Crippen LogP contribution in [0.1, 0.15) is 80.0 Å². The third-order valence-electron chi connectivity index (χ3n) is 10.6. The lowest BCUT2D eigenvalue weighted by Gasteiger charge is -2.51. The number of carbonyl (C=O) groups is 4. The minimum absolute atomic E-state index is 0.00112. The number of hydrogen-bond donors (Lipinski definition) is 5. The summed E-state index contributed by atoms with van der Waals surface area (Å²) in [5.41, 5.74) is 2.55. The molecule has 6 rings (SSSR count). The molecule has 0 radical (unpaired) electrons. The van der Waals surface area contributed by atoms with Crippen LogP contribution in [-0.4, -0.2) is 113 Å². The number of pyridine rings is 1. The molecule has 2 fully saturated rings. The second kappa shape index (κ2) is 18.8. The van der Waals surface area contributed by atoms with Crippen molar-refractivity contribution in [3.8, 4) is 16.9 Å². The van der Waals surface area contributed by atoms with Gasteiger partial charge >= 0.3 is 12.1 Å². The second-order valence-corrected chi connectivity index (χ2v) is 20.5. The number of β-lactam (4-membered cyclic amide) rings is 1. The number of carbonyl (C=O) groups excluding carboxylic acids is 4. The summed E-state index contributed by atoms with van der Waals surface area (Å²) < 4.78 is 58.2. The van der Waals surface area contributed by atoms with E-state index in [-0.39, 0.29) is 17.2 Å². The Bertz CT molecular complexity index is 2440. The van der Waals surface area contributed by atoms with Crippen LogP contribution in [0.25, 0.3) is 11.1 Å². The standard InChI is InChI=1S/C42H57N9O12S2/c1-39(2,3)60-36(54)42(9,30-14-11-26-18-25(10-13-29(26)59-30)27-12-15-31(45-17-16-43)50(22-27)21-24-19-44-20-24)62-49-32(28-23-64-37(46-28)48-38(55)61-40(4,5)6)34(52)47-33-35(53)51(41(33,7)8)63-65(56,57)58/h10,12-13,15,18,22-24,30,33,44H,11,14,16-17,19-21,43H2,1-9H3,(H3,46,47,48,52,55,56,57,58)/b49-32-/t30-,33-,42?/m1/s1. The normalized spacial score (nSPS) is 19.6. The first-order valence-corrected chi connectivity index (χ1v) is 23.2. The molecule has 0 aliphatic carbocycles. The summed E-state index contributed by atoms with van der Waals surface area (Å²) >= 11 is 0.909. The molecule has 0 spiro atoms. The maximum Gasteiger partial charge on any atom is 0.413 e. The van der Waals surface area contributed by atoms with Crippen LogP contribution in [0.4, 0.5) is 15.7 Å². The topological polar surface area (TPSA) is 278 Å².